The van der Waals surface area contributed by atoms with Gasteiger partial charge >= 0.3 is 5.97 Å². The van der Waals surface area contributed by atoms with Crippen LogP contribution in [0.1, 0.15) is 23.2 Å². The Kier molecular flexibility index (Phi) is 5.77. The zero-order chi connectivity index (χ0) is 15.9. The van der Waals surface area contributed by atoms with Crippen LogP contribution >= 0.6 is 0 Å². The highest BCUT2D eigenvalue weighted by atomic mass is 16.5. The molecule has 1 atom stereocenters. The third kappa shape index (κ3) is 4.73. The van der Waals surface area contributed by atoms with Gasteiger partial charge in [-0.2, -0.15) is 0 Å². The number of benzene rings is 1. The largest absolute Gasteiger partial charge is 0.452 e. The summed E-state index contributed by atoms with van der Waals surface area (Å²) >= 11 is 0. The fourth-order valence-electron chi connectivity index (χ4n) is 2.21. The summed E-state index contributed by atoms with van der Waals surface area (Å²) in [4.78, 5) is 25.5. The number of ether oxygens (including phenoxy) is 2. The maximum atomic E-state index is 11.9. The molecule has 0 spiro atoms. The van der Waals surface area contributed by atoms with Gasteiger partial charge < -0.3 is 19.7 Å². The van der Waals surface area contributed by atoms with E-state index < -0.39 is 5.97 Å². The summed E-state index contributed by atoms with van der Waals surface area (Å²) in [5.74, 6) is -0.816. The zero-order valence-electron chi connectivity index (χ0n) is 13.0. The minimum absolute atomic E-state index is 0.0800. The number of hydrogen-bond acceptors (Lipinski definition) is 5. The standard InChI is InChI=1S/C16H22N2O4/c1-18(2)13-6-3-5-12(9-13)16(20)22-11-15(19)17-10-14-7-4-8-21-14/h3,5-6,9,14H,4,7-8,10-11H2,1-2H3,(H,17,19)/t14-/m0/s1. The molecule has 1 aromatic rings. The maximum absolute atomic E-state index is 11.9. The second-order valence-corrected chi connectivity index (χ2v) is 5.46. The van der Waals surface area contributed by atoms with Gasteiger partial charge in [0.15, 0.2) is 6.61 Å². The molecule has 6 nitrogen and oxygen atoms in total. The summed E-state index contributed by atoms with van der Waals surface area (Å²) in [6.07, 6.45) is 2.06. The van der Waals surface area contributed by atoms with Crippen LogP contribution in [0.5, 0.6) is 0 Å². The van der Waals surface area contributed by atoms with Crippen LogP contribution in [0, 0.1) is 0 Å². The van der Waals surface area contributed by atoms with Gasteiger partial charge in [-0.3, -0.25) is 4.79 Å². The Morgan fingerprint density at radius 3 is 2.91 bits per heavy atom. The summed E-state index contributed by atoms with van der Waals surface area (Å²) in [7, 11) is 3.78. The fraction of sp³-hybridized carbons (Fsp3) is 0.500. The van der Waals surface area contributed by atoms with Gasteiger partial charge in [-0.05, 0) is 31.0 Å². The molecule has 1 heterocycles. The van der Waals surface area contributed by atoms with Crippen molar-refractivity contribution in [2.75, 3.05) is 38.8 Å². The molecule has 1 saturated heterocycles. The SMILES string of the molecule is CN(C)c1cccc(C(=O)OCC(=O)NC[C@@H]2CCCO2)c1. The first-order chi connectivity index (χ1) is 10.6. The van der Waals surface area contributed by atoms with Crippen molar-refractivity contribution in [3.05, 3.63) is 29.8 Å². The number of hydrogen-bond donors (Lipinski definition) is 1. The number of anilines is 1. The van der Waals surface area contributed by atoms with Gasteiger partial charge in [0.1, 0.15) is 0 Å². The average molecular weight is 306 g/mol. The van der Waals surface area contributed by atoms with Gasteiger partial charge in [0, 0.05) is 32.9 Å². The van der Waals surface area contributed by atoms with Crippen molar-refractivity contribution in [3.63, 3.8) is 0 Å². The third-order valence-corrected chi connectivity index (χ3v) is 3.48. The molecule has 1 amide bonds. The van der Waals surface area contributed by atoms with Gasteiger partial charge in [0.2, 0.25) is 0 Å². The molecule has 1 N–H and O–H groups in total. The van der Waals surface area contributed by atoms with Crippen LogP contribution in [0.3, 0.4) is 0 Å². The third-order valence-electron chi connectivity index (χ3n) is 3.48. The van der Waals surface area contributed by atoms with Gasteiger partial charge in [0.25, 0.3) is 5.91 Å². The lowest BCUT2D eigenvalue weighted by Crippen LogP contribution is -2.34. The highest BCUT2D eigenvalue weighted by Gasteiger charge is 2.17. The highest BCUT2D eigenvalue weighted by molar-refractivity contribution is 5.92. The van der Waals surface area contributed by atoms with E-state index in [4.69, 9.17) is 9.47 Å². The van der Waals surface area contributed by atoms with Crippen molar-refractivity contribution >= 4 is 17.6 Å². The van der Waals surface area contributed by atoms with Crippen LogP contribution in [0.2, 0.25) is 0 Å². The van der Waals surface area contributed by atoms with Gasteiger partial charge in [-0.1, -0.05) is 6.07 Å². The molecule has 120 valence electrons. The van der Waals surface area contributed by atoms with Crippen LogP contribution in [0.25, 0.3) is 0 Å². The first-order valence-electron chi connectivity index (χ1n) is 7.39. The van der Waals surface area contributed by atoms with E-state index in [2.05, 4.69) is 5.32 Å². The van der Waals surface area contributed by atoms with E-state index in [0.717, 1.165) is 25.1 Å². The number of nitrogens with zero attached hydrogens (tertiary/aromatic N) is 1. The summed E-state index contributed by atoms with van der Waals surface area (Å²) in [5.41, 5.74) is 1.33. The van der Waals surface area contributed by atoms with Crippen molar-refractivity contribution in [3.8, 4) is 0 Å². The maximum Gasteiger partial charge on any atom is 0.338 e. The molecule has 0 saturated carbocycles. The lowest BCUT2D eigenvalue weighted by molar-refractivity contribution is -0.124. The normalized spacial score (nSPS) is 17.1. The van der Waals surface area contributed by atoms with Gasteiger partial charge in [-0.15, -0.1) is 0 Å². The average Bonchev–Trinajstić information content (AvgIpc) is 3.04. The van der Waals surface area contributed by atoms with Crippen molar-refractivity contribution in [2.45, 2.75) is 18.9 Å². The van der Waals surface area contributed by atoms with Crippen LogP contribution in [0.4, 0.5) is 5.69 Å². The van der Waals surface area contributed by atoms with Crippen molar-refractivity contribution < 1.29 is 19.1 Å². The number of esters is 1. The number of rotatable bonds is 6. The topological polar surface area (TPSA) is 67.9 Å². The van der Waals surface area contributed by atoms with E-state index in [9.17, 15) is 9.59 Å². The van der Waals surface area contributed by atoms with E-state index in [1.54, 1.807) is 18.2 Å². The molecule has 0 unspecified atom stereocenters. The summed E-state index contributed by atoms with van der Waals surface area (Å²) in [6.45, 7) is 0.933. The molecule has 1 aliphatic heterocycles. The first-order valence-corrected chi connectivity index (χ1v) is 7.39. The molecular formula is C16H22N2O4. The summed E-state index contributed by atoms with van der Waals surface area (Å²) < 4.78 is 10.4. The monoisotopic (exact) mass is 306 g/mol. The zero-order valence-corrected chi connectivity index (χ0v) is 13.0. The van der Waals surface area contributed by atoms with E-state index in [1.807, 2.05) is 25.1 Å². The highest BCUT2D eigenvalue weighted by Crippen LogP contribution is 2.14. The minimum atomic E-state index is -0.504. The fourth-order valence-corrected chi connectivity index (χ4v) is 2.21. The molecule has 2 rings (SSSR count). The van der Waals surface area contributed by atoms with Crippen LogP contribution < -0.4 is 10.2 Å². The van der Waals surface area contributed by atoms with Crippen molar-refractivity contribution in [1.82, 2.24) is 5.32 Å². The molecule has 0 radical (unpaired) electrons. The second-order valence-electron chi connectivity index (χ2n) is 5.46. The molecule has 0 bridgehead atoms. The van der Waals surface area contributed by atoms with Gasteiger partial charge in [-0.25, -0.2) is 4.79 Å². The molecular weight excluding hydrogens is 284 g/mol. The molecule has 1 aliphatic rings. The Bertz CT molecular complexity index is 525. The van der Waals surface area contributed by atoms with Crippen molar-refractivity contribution in [1.29, 1.82) is 0 Å². The van der Waals surface area contributed by atoms with E-state index >= 15 is 0 Å². The smallest absolute Gasteiger partial charge is 0.338 e. The quantitative estimate of drug-likeness (QED) is 0.800. The first kappa shape index (κ1) is 16.3. The Labute approximate surface area is 130 Å². The summed E-state index contributed by atoms with van der Waals surface area (Å²) in [6, 6.07) is 7.07. The molecule has 0 aliphatic carbocycles. The molecule has 1 aromatic carbocycles. The lowest BCUT2D eigenvalue weighted by Gasteiger charge is -2.13. The second kappa shape index (κ2) is 7.79. The van der Waals surface area contributed by atoms with Crippen LogP contribution in [0.15, 0.2) is 24.3 Å². The Balaban J connectivity index is 1.76. The number of carbonyl (C=O) groups excluding carboxylic acids is 2. The predicted octanol–water partition coefficient (Wildman–Crippen LogP) is 1.20. The van der Waals surface area contributed by atoms with E-state index in [-0.39, 0.29) is 18.6 Å². The Hall–Kier alpha value is -2.08. The van der Waals surface area contributed by atoms with E-state index in [1.165, 1.54) is 0 Å². The Morgan fingerprint density at radius 2 is 2.23 bits per heavy atom. The minimum Gasteiger partial charge on any atom is -0.452 e. The molecule has 22 heavy (non-hydrogen) atoms. The predicted molar refractivity (Wildman–Crippen MR) is 83.0 cm³/mol. The number of carbonyl (C=O) groups is 2. The molecule has 0 aromatic heterocycles. The van der Waals surface area contributed by atoms with Crippen molar-refractivity contribution in [2.24, 2.45) is 0 Å². The Morgan fingerprint density at radius 1 is 1.41 bits per heavy atom. The molecule has 6 heteroatoms. The van der Waals surface area contributed by atoms with Gasteiger partial charge in [0.05, 0.1) is 11.7 Å². The summed E-state index contributed by atoms with van der Waals surface area (Å²) in [5, 5.41) is 2.71. The van der Waals surface area contributed by atoms with Crippen LogP contribution in [-0.2, 0) is 14.3 Å². The lowest BCUT2D eigenvalue weighted by atomic mass is 10.2. The van der Waals surface area contributed by atoms with Crippen LogP contribution in [-0.4, -0.2) is 51.8 Å². The number of nitrogens with one attached hydrogen (secondary N) is 1. The molecule has 1 fully saturated rings. The van der Waals surface area contributed by atoms with E-state index in [0.29, 0.717) is 12.1 Å². The number of amides is 1.